The van der Waals surface area contributed by atoms with Crippen molar-refractivity contribution < 1.29 is 0 Å². The van der Waals surface area contributed by atoms with E-state index in [0.29, 0.717) is 6.54 Å². The SMILES string of the molecule is CN1CCSCC1c1nc(CNC(C)(C)C)cc(=O)[nH]1. The molecule has 0 aromatic carbocycles. The summed E-state index contributed by atoms with van der Waals surface area (Å²) in [5.41, 5.74) is 0.759. The van der Waals surface area contributed by atoms with Gasteiger partial charge in [-0.25, -0.2) is 4.98 Å². The van der Waals surface area contributed by atoms with Crippen LogP contribution < -0.4 is 10.9 Å². The first kappa shape index (κ1) is 15.5. The molecule has 1 aliphatic heterocycles. The van der Waals surface area contributed by atoms with E-state index in [1.54, 1.807) is 6.07 Å². The van der Waals surface area contributed by atoms with Gasteiger partial charge < -0.3 is 10.3 Å². The molecule has 0 saturated carbocycles. The fourth-order valence-electron chi connectivity index (χ4n) is 2.11. The average Bonchev–Trinajstić information content (AvgIpc) is 2.35. The van der Waals surface area contributed by atoms with Crippen LogP contribution in [0.5, 0.6) is 0 Å². The van der Waals surface area contributed by atoms with Crippen LogP contribution in [0.25, 0.3) is 0 Å². The molecule has 0 radical (unpaired) electrons. The number of hydrogen-bond donors (Lipinski definition) is 2. The molecule has 6 heteroatoms. The maximum atomic E-state index is 11.8. The van der Waals surface area contributed by atoms with E-state index in [-0.39, 0.29) is 17.1 Å². The zero-order chi connectivity index (χ0) is 14.8. The third-order valence-electron chi connectivity index (χ3n) is 3.32. The number of hydrogen-bond acceptors (Lipinski definition) is 5. The molecular weight excluding hydrogens is 272 g/mol. The maximum absolute atomic E-state index is 11.8. The predicted octanol–water partition coefficient (Wildman–Crippen LogP) is 1.38. The van der Waals surface area contributed by atoms with E-state index < -0.39 is 0 Å². The molecule has 0 bridgehead atoms. The molecule has 0 spiro atoms. The van der Waals surface area contributed by atoms with Crippen molar-refractivity contribution >= 4 is 11.8 Å². The highest BCUT2D eigenvalue weighted by molar-refractivity contribution is 7.99. The number of rotatable bonds is 3. The van der Waals surface area contributed by atoms with Crippen LogP contribution in [0.2, 0.25) is 0 Å². The maximum Gasteiger partial charge on any atom is 0.251 e. The molecule has 2 rings (SSSR count). The zero-order valence-electron chi connectivity index (χ0n) is 12.7. The minimum absolute atomic E-state index is 0.0158. The van der Waals surface area contributed by atoms with Crippen molar-refractivity contribution in [2.24, 2.45) is 0 Å². The van der Waals surface area contributed by atoms with Gasteiger partial charge in [-0.05, 0) is 27.8 Å². The second kappa shape index (κ2) is 6.28. The standard InChI is InChI=1S/C14H24N4OS/c1-14(2,3)15-8-10-7-12(19)17-13(16-10)11-9-20-6-5-18(11)4/h7,11,15H,5-6,8-9H2,1-4H3,(H,16,17,19). The lowest BCUT2D eigenvalue weighted by atomic mass is 10.1. The van der Waals surface area contributed by atoms with Gasteiger partial charge in [-0.15, -0.1) is 0 Å². The van der Waals surface area contributed by atoms with E-state index >= 15 is 0 Å². The van der Waals surface area contributed by atoms with Gasteiger partial charge in [0.2, 0.25) is 0 Å². The van der Waals surface area contributed by atoms with Crippen LogP contribution in [0.4, 0.5) is 0 Å². The Kier molecular flexibility index (Phi) is 4.88. The van der Waals surface area contributed by atoms with E-state index in [4.69, 9.17) is 0 Å². The molecule has 0 amide bonds. The topological polar surface area (TPSA) is 61.0 Å². The zero-order valence-corrected chi connectivity index (χ0v) is 13.5. The highest BCUT2D eigenvalue weighted by Crippen LogP contribution is 2.25. The molecule has 1 fully saturated rings. The minimum atomic E-state index is -0.0651. The molecule has 1 aromatic rings. The van der Waals surface area contributed by atoms with Crippen molar-refractivity contribution in [1.82, 2.24) is 20.2 Å². The number of nitrogens with zero attached hydrogens (tertiary/aromatic N) is 2. The lowest BCUT2D eigenvalue weighted by molar-refractivity contribution is 0.263. The van der Waals surface area contributed by atoms with Crippen molar-refractivity contribution in [3.8, 4) is 0 Å². The van der Waals surface area contributed by atoms with Gasteiger partial charge in [-0.3, -0.25) is 9.69 Å². The van der Waals surface area contributed by atoms with Crippen LogP contribution in [-0.4, -0.2) is 45.5 Å². The van der Waals surface area contributed by atoms with E-state index in [2.05, 4.69) is 48.0 Å². The third-order valence-corrected chi connectivity index (χ3v) is 4.35. The largest absolute Gasteiger partial charge is 0.309 e. The summed E-state index contributed by atoms with van der Waals surface area (Å²) in [6, 6.07) is 1.79. The molecule has 112 valence electrons. The van der Waals surface area contributed by atoms with Crippen molar-refractivity contribution in [1.29, 1.82) is 0 Å². The summed E-state index contributed by atoms with van der Waals surface area (Å²) in [7, 11) is 2.09. The molecule has 1 atom stereocenters. The van der Waals surface area contributed by atoms with E-state index in [1.165, 1.54) is 0 Å². The Bertz CT molecular complexity index is 509. The summed E-state index contributed by atoms with van der Waals surface area (Å²) >= 11 is 1.91. The van der Waals surface area contributed by atoms with E-state index in [1.807, 2.05) is 11.8 Å². The summed E-state index contributed by atoms with van der Waals surface area (Å²) < 4.78 is 0. The van der Waals surface area contributed by atoms with Crippen LogP contribution in [0.1, 0.15) is 38.3 Å². The van der Waals surface area contributed by atoms with E-state index in [9.17, 15) is 4.79 Å². The molecule has 1 aliphatic rings. The predicted molar refractivity (Wildman–Crippen MR) is 84.1 cm³/mol. The van der Waals surface area contributed by atoms with Crippen LogP contribution >= 0.6 is 11.8 Å². The fraction of sp³-hybridized carbons (Fsp3) is 0.714. The summed E-state index contributed by atoms with van der Waals surface area (Å²) in [5, 5.41) is 3.37. The average molecular weight is 296 g/mol. The summed E-state index contributed by atoms with van der Waals surface area (Å²) in [5.74, 6) is 2.91. The first-order chi connectivity index (χ1) is 9.35. The van der Waals surface area contributed by atoms with Gasteiger partial charge in [0.15, 0.2) is 0 Å². The Hall–Kier alpha value is -0.850. The second-order valence-electron chi connectivity index (χ2n) is 6.30. The molecule has 2 heterocycles. The summed E-state index contributed by atoms with van der Waals surface area (Å²) in [4.78, 5) is 21.6. The molecular formula is C14H24N4OS. The van der Waals surface area contributed by atoms with Crippen LogP contribution in [0, 0.1) is 0 Å². The van der Waals surface area contributed by atoms with Crippen LogP contribution in [0.15, 0.2) is 10.9 Å². The molecule has 0 aliphatic carbocycles. The molecule has 20 heavy (non-hydrogen) atoms. The number of nitrogens with one attached hydrogen (secondary N) is 2. The normalized spacial score (nSPS) is 21.1. The van der Waals surface area contributed by atoms with Crippen molar-refractivity contribution in [2.75, 3.05) is 25.1 Å². The second-order valence-corrected chi connectivity index (χ2v) is 7.45. The number of H-pyrrole nitrogens is 1. The van der Waals surface area contributed by atoms with Gasteiger partial charge in [-0.2, -0.15) is 11.8 Å². The Morgan fingerprint density at radius 2 is 2.30 bits per heavy atom. The van der Waals surface area contributed by atoms with Crippen molar-refractivity contribution in [3.05, 3.63) is 27.9 Å². The van der Waals surface area contributed by atoms with Crippen LogP contribution in [-0.2, 0) is 6.54 Å². The van der Waals surface area contributed by atoms with Crippen LogP contribution in [0.3, 0.4) is 0 Å². The first-order valence-corrected chi connectivity index (χ1v) is 8.14. The fourth-order valence-corrected chi connectivity index (χ4v) is 3.33. The Labute approximate surface area is 124 Å². The molecule has 1 unspecified atom stereocenters. The third kappa shape index (κ3) is 4.33. The molecule has 5 nitrogen and oxygen atoms in total. The highest BCUT2D eigenvalue weighted by Gasteiger charge is 2.23. The lowest BCUT2D eigenvalue weighted by Crippen LogP contribution is -2.37. The van der Waals surface area contributed by atoms with Gasteiger partial charge >= 0.3 is 0 Å². The minimum Gasteiger partial charge on any atom is -0.309 e. The monoisotopic (exact) mass is 296 g/mol. The van der Waals surface area contributed by atoms with Gasteiger partial charge in [0.05, 0.1) is 11.7 Å². The smallest absolute Gasteiger partial charge is 0.251 e. The van der Waals surface area contributed by atoms with Crippen molar-refractivity contribution in [3.63, 3.8) is 0 Å². The van der Waals surface area contributed by atoms with E-state index in [0.717, 1.165) is 29.6 Å². The molecule has 2 N–H and O–H groups in total. The van der Waals surface area contributed by atoms with Gasteiger partial charge in [0.25, 0.3) is 5.56 Å². The Morgan fingerprint density at radius 3 is 2.95 bits per heavy atom. The highest BCUT2D eigenvalue weighted by atomic mass is 32.2. The van der Waals surface area contributed by atoms with Gasteiger partial charge in [-0.1, -0.05) is 0 Å². The summed E-state index contributed by atoms with van der Waals surface area (Å²) in [6.07, 6.45) is 0. The number of aromatic nitrogens is 2. The summed E-state index contributed by atoms with van der Waals surface area (Å²) in [6.45, 7) is 7.96. The molecule has 1 aromatic heterocycles. The quantitative estimate of drug-likeness (QED) is 0.882. The Morgan fingerprint density at radius 1 is 1.55 bits per heavy atom. The Balaban J connectivity index is 2.17. The number of aromatic amines is 1. The molecule has 1 saturated heterocycles. The first-order valence-electron chi connectivity index (χ1n) is 6.98. The van der Waals surface area contributed by atoms with Gasteiger partial charge in [0.1, 0.15) is 5.82 Å². The number of thioether (sulfide) groups is 1. The van der Waals surface area contributed by atoms with Gasteiger partial charge in [0, 0.05) is 36.2 Å². The van der Waals surface area contributed by atoms with Crippen molar-refractivity contribution in [2.45, 2.75) is 38.9 Å². The lowest BCUT2D eigenvalue weighted by Gasteiger charge is -2.31.